The maximum atomic E-state index is 12.8. The summed E-state index contributed by atoms with van der Waals surface area (Å²) in [6.07, 6.45) is 0.789. The number of sulfonamides is 1. The van der Waals surface area contributed by atoms with Gasteiger partial charge in [-0.2, -0.15) is 0 Å². The van der Waals surface area contributed by atoms with Crippen LogP contribution in [-0.2, 0) is 27.7 Å². The lowest BCUT2D eigenvalue weighted by molar-refractivity contribution is -0.120. The quantitative estimate of drug-likeness (QED) is 0.817. The van der Waals surface area contributed by atoms with Gasteiger partial charge >= 0.3 is 0 Å². The van der Waals surface area contributed by atoms with E-state index in [1.54, 1.807) is 24.3 Å². The van der Waals surface area contributed by atoms with Crippen molar-refractivity contribution >= 4 is 15.9 Å². The van der Waals surface area contributed by atoms with Crippen LogP contribution in [-0.4, -0.2) is 39.3 Å². The Balaban J connectivity index is 1.85. The molecule has 0 atom stereocenters. The summed E-state index contributed by atoms with van der Waals surface area (Å²) >= 11 is 0. The largest absolute Gasteiger partial charge is 0.355 e. The van der Waals surface area contributed by atoms with E-state index in [0.29, 0.717) is 13.0 Å². The van der Waals surface area contributed by atoms with Gasteiger partial charge in [-0.3, -0.25) is 4.79 Å². The van der Waals surface area contributed by atoms with Crippen LogP contribution in [0.2, 0.25) is 0 Å². The molecule has 25 heavy (non-hydrogen) atoms. The molecule has 0 fully saturated rings. The summed E-state index contributed by atoms with van der Waals surface area (Å²) in [6.45, 7) is 0.456. The molecule has 0 aliphatic heterocycles. The average Bonchev–Trinajstić information content (AvgIpc) is 2.57. The molecule has 0 bridgehead atoms. The molecule has 0 saturated heterocycles. The molecule has 0 heterocycles. The van der Waals surface area contributed by atoms with Crippen LogP contribution in [0.4, 0.5) is 4.39 Å². The van der Waals surface area contributed by atoms with E-state index in [1.807, 2.05) is 0 Å². The van der Waals surface area contributed by atoms with Crippen molar-refractivity contribution in [3.05, 3.63) is 65.5 Å². The Morgan fingerprint density at radius 2 is 1.56 bits per heavy atom. The molecule has 134 valence electrons. The second kappa shape index (κ2) is 8.22. The van der Waals surface area contributed by atoms with Crippen molar-refractivity contribution in [2.75, 3.05) is 20.6 Å². The van der Waals surface area contributed by atoms with E-state index in [1.165, 1.54) is 38.4 Å². The summed E-state index contributed by atoms with van der Waals surface area (Å²) in [7, 11) is -0.524. The van der Waals surface area contributed by atoms with Gasteiger partial charge in [0.1, 0.15) is 5.82 Å². The van der Waals surface area contributed by atoms with Gasteiger partial charge in [-0.15, -0.1) is 0 Å². The van der Waals surface area contributed by atoms with Crippen molar-refractivity contribution < 1.29 is 17.6 Å². The molecule has 7 heteroatoms. The fraction of sp³-hybridized carbons (Fsp3) is 0.278. The third-order valence-corrected chi connectivity index (χ3v) is 5.55. The first-order valence-electron chi connectivity index (χ1n) is 7.81. The number of carbonyl (C=O) groups is 1. The van der Waals surface area contributed by atoms with Crippen LogP contribution in [0.5, 0.6) is 0 Å². The van der Waals surface area contributed by atoms with Gasteiger partial charge in [-0.25, -0.2) is 17.1 Å². The average molecular weight is 364 g/mol. The zero-order valence-electron chi connectivity index (χ0n) is 14.2. The standard InChI is InChI=1S/C18H21FN2O3S/c1-21(2)25(23,24)17-9-5-15(6-10-17)13-18(22)20-12-11-14-3-7-16(19)8-4-14/h3-10H,11-13H2,1-2H3,(H,20,22). The van der Waals surface area contributed by atoms with E-state index in [-0.39, 0.29) is 23.0 Å². The van der Waals surface area contributed by atoms with Crippen molar-refractivity contribution in [1.29, 1.82) is 0 Å². The molecule has 0 radical (unpaired) electrons. The Bertz CT molecular complexity index is 816. The molecule has 5 nitrogen and oxygen atoms in total. The molecule has 1 amide bonds. The maximum Gasteiger partial charge on any atom is 0.242 e. The highest BCUT2D eigenvalue weighted by molar-refractivity contribution is 7.89. The van der Waals surface area contributed by atoms with Crippen LogP contribution in [0, 0.1) is 5.82 Å². The highest BCUT2D eigenvalue weighted by atomic mass is 32.2. The Labute approximate surface area is 147 Å². The number of benzene rings is 2. The third-order valence-electron chi connectivity index (χ3n) is 3.72. The molecule has 2 rings (SSSR count). The molecule has 0 aromatic heterocycles. The van der Waals surface area contributed by atoms with E-state index >= 15 is 0 Å². The molecule has 0 spiro atoms. The minimum absolute atomic E-state index is 0.148. The van der Waals surface area contributed by atoms with Crippen molar-refractivity contribution in [2.45, 2.75) is 17.7 Å². The van der Waals surface area contributed by atoms with Crippen molar-refractivity contribution in [3.8, 4) is 0 Å². The zero-order chi connectivity index (χ0) is 18.4. The lowest BCUT2D eigenvalue weighted by Crippen LogP contribution is -2.27. The normalized spacial score (nSPS) is 11.5. The fourth-order valence-electron chi connectivity index (χ4n) is 2.24. The Hall–Kier alpha value is -2.25. The summed E-state index contributed by atoms with van der Waals surface area (Å²) in [5.74, 6) is -0.433. The van der Waals surface area contributed by atoms with Gasteiger partial charge in [0, 0.05) is 20.6 Å². The Kier molecular flexibility index (Phi) is 6.27. The molecule has 0 aliphatic carbocycles. The number of hydrogen-bond donors (Lipinski definition) is 1. The molecule has 2 aromatic carbocycles. The van der Waals surface area contributed by atoms with Crippen molar-refractivity contribution in [2.24, 2.45) is 0 Å². The van der Waals surface area contributed by atoms with E-state index < -0.39 is 10.0 Å². The number of nitrogens with one attached hydrogen (secondary N) is 1. The minimum Gasteiger partial charge on any atom is -0.355 e. The van der Waals surface area contributed by atoms with Gasteiger partial charge in [-0.05, 0) is 41.8 Å². The molecule has 2 aromatic rings. The smallest absolute Gasteiger partial charge is 0.242 e. The summed E-state index contributed by atoms with van der Waals surface area (Å²) < 4.78 is 37.9. The van der Waals surface area contributed by atoms with Crippen LogP contribution in [0.3, 0.4) is 0 Å². The van der Waals surface area contributed by atoms with Crippen LogP contribution in [0.1, 0.15) is 11.1 Å². The molecular formula is C18H21FN2O3S. The van der Waals surface area contributed by atoms with Gasteiger partial charge in [0.05, 0.1) is 11.3 Å². The van der Waals surface area contributed by atoms with Crippen LogP contribution in [0.25, 0.3) is 0 Å². The van der Waals surface area contributed by atoms with Gasteiger partial charge in [0.25, 0.3) is 0 Å². The van der Waals surface area contributed by atoms with E-state index in [9.17, 15) is 17.6 Å². The minimum atomic E-state index is -3.46. The van der Waals surface area contributed by atoms with Crippen LogP contribution >= 0.6 is 0 Å². The number of nitrogens with zero attached hydrogens (tertiary/aromatic N) is 1. The number of hydrogen-bond acceptors (Lipinski definition) is 3. The Morgan fingerprint density at radius 3 is 2.12 bits per heavy atom. The highest BCUT2D eigenvalue weighted by Gasteiger charge is 2.16. The van der Waals surface area contributed by atoms with E-state index in [2.05, 4.69) is 5.32 Å². The second-order valence-electron chi connectivity index (χ2n) is 5.83. The Morgan fingerprint density at radius 1 is 1.00 bits per heavy atom. The van der Waals surface area contributed by atoms with Gasteiger partial charge in [0.15, 0.2) is 0 Å². The van der Waals surface area contributed by atoms with Gasteiger partial charge < -0.3 is 5.32 Å². The lowest BCUT2D eigenvalue weighted by atomic mass is 10.1. The van der Waals surface area contributed by atoms with E-state index in [0.717, 1.165) is 15.4 Å². The second-order valence-corrected chi connectivity index (χ2v) is 7.99. The highest BCUT2D eigenvalue weighted by Crippen LogP contribution is 2.14. The topological polar surface area (TPSA) is 66.5 Å². The first-order valence-corrected chi connectivity index (χ1v) is 9.25. The fourth-order valence-corrected chi connectivity index (χ4v) is 3.14. The lowest BCUT2D eigenvalue weighted by Gasteiger charge is -2.11. The van der Waals surface area contributed by atoms with Crippen molar-refractivity contribution in [1.82, 2.24) is 9.62 Å². The van der Waals surface area contributed by atoms with Gasteiger partial charge in [-0.1, -0.05) is 24.3 Å². The number of amides is 1. The number of carbonyl (C=O) groups excluding carboxylic acids is 1. The predicted molar refractivity (Wildman–Crippen MR) is 94.1 cm³/mol. The zero-order valence-corrected chi connectivity index (χ0v) is 15.0. The summed E-state index contributed by atoms with van der Waals surface area (Å²) in [6, 6.07) is 12.4. The van der Waals surface area contributed by atoms with Crippen LogP contribution < -0.4 is 5.32 Å². The first-order chi connectivity index (χ1) is 11.8. The third kappa shape index (κ3) is 5.37. The van der Waals surface area contributed by atoms with Gasteiger partial charge in [0.2, 0.25) is 15.9 Å². The number of halogens is 1. The molecule has 1 N–H and O–H groups in total. The maximum absolute atomic E-state index is 12.8. The molecule has 0 aliphatic rings. The van der Waals surface area contributed by atoms with Crippen molar-refractivity contribution in [3.63, 3.8) is 0 Å². The van der Waals surface area contributed by atoms with Crippen LogP contribution in [0.15, 0.2) is 53.4 Å². The molecular weight excluding hydrogens is 343 g/mol. The summed E-state index contributed by atoms with van der Waals surface area (Å²) in [4.78, 5) is 12.1. The van der Waals surface area contributed by atoms with E-state index in [4.69, 9.17) is 0 Å². The predicted octanol–water partition coefficient (Wildman–Crippen LogP) is 1.98. The monoisotopic (exact) mass is 364 g/mol. The molecule has 0 saturated carbocycles. The summed E-state index contributed by atoms with van der Waals surface area (Å²) in [5.41, 5.74) is 1.68. The number of rotatable bonds is 7. The first kappa shape index (κ1) is 19.1. The summed E-state index contributed by atoms with van der Waals surface area (Å²) in [5, 5.41) is 2.80. The SMILES string of the molecule is CN(C)S(=O)(=O)c1ccc(CC(=O)NCCc2ccc(F)cc2)cc1. The molecule has 0 unspecified atom stereocenters.